The summed E-state index contributed by atoms with van der Waals surface area (Å²) >= 11 is 1.67. The largest absolute Gasteiger partial charge is 0.474 e. The molecule has 9 nitrogen and oxygen atoms in total. The summed E-state index contributed by atoms with van der Waals surface area (Å²) in [6.07, 6.45) is 8.44. The van der Waals surface area contributed by atoms with Crippen molar-refractivity contribution in [1.29, 1.82) is 0 Å². The van der Waals surface area contributed by atoms with E-state index in [2.05, 4.69) is 29.4 Å². The van der Waals surface area contributed by atoms with Gasteiger partial charge in [0, 0.05) is 36.1 Å². The predicted octanol–water partition coefficient (Wildman–Crippen LogP) is 3.01. The van der Waals surface area contributed by atoms with Crippen molar-refractivity contribution in [3.8, 4) is 5.88 Å². The van der Waals surface area contributed by atoms with Gasteiger partial charge in [0.15, 0.2) is 5.82 Å². The second-order valence-corrected chi connectivity index (χ2v) is 10.5. The molecule has 3 aromatic heterocycles. The summed E-state index contributed by atoms with van der Waals surface area (Å²) in [6.45, 7) is 0. The van der Waals surface area contributed by atoms with Crippen molar-refractivity contribution in [1.82, 2.24) is 24.6 Å². The molecule has 0 saturated heterocycles. The van der Waals surface area contributed by atoms with E-state index >= 15 is 0 Å². The van der Waals surface area contributed by atoms with Gasteiger partial charge in [0.05, 0.1) is 5.39 Å². The molecule has 176 valence electrons. The molecule has 1 fully saturated rings. The molecule has 1 saturated carbocycles. The Hall–Kier alpha value is -2.72. The fourth-order valence-electron chi connectivity index (χ4n) is 4.96. The van der Waals surface area contributed by atoms with E-state index in [4.69, 9.17) is 20.4 Å². The fraction of sp³-hybridized carbons (Fsp3) is 0.565. The first kappa shape index (κ1) is 22.1. The number of nitrogens with one attached hydrogen (secondary N) is 1. The number of carbonyl (C=O) groups excluding carboxylic acids is 1. The average Bonchev–Trinajstić information content (AvgIpc) is 3.36. The van der Waals surface area contributed by atoms with Crippen molar-refractivity contribution in [2.75, 3.05) is 19.4 Å². The van der Waals surface area contributed by atoms with Crippen LogP contribution < -0.4 is 15.8 Å². The van der Waals surface area contributed by atoms with Crippen LogP contribution in [-0.4, -0.2) is 56.8 Å². The van der Waals surface area contributed by atoms with Gasteiger partial charge in [-0.15, -0.1) is 11.3 Å². The van der Waals surface area contributed by atoms with E-state index in [0.29, 0.717) is 30.1 Å². The SMILES string of the molecule is CN(C)C1CCC(Oc2nc(Nc3ccn(C)n3)nc3sc4c(c23)C[C@@H](C(N)=O)CC4)CC1. The van der Waals surface area contributed by atoms with Crippen molar-refractivity contribution in [3.63, 3.8) is 0 Å². The van der Waals surface area contributed by atoms with Crippen LogP contribution in [0, 0.1) is 5.92 Å². The van der Waals surface area contributed by atoms with Crippen molar-refractivity contribution in [2.24, 2.45) is 18.7 Å². The van der Waals surface area contributed by atoms with Crippen LogP contribution in [0.1, 0.15) is 42.5 Å². The predicted molar refractivity (Wildman–Crippen MR) is 129 cm³/mol. The Kier molecular flexibility index (Phi) is 5.96. The normalized spacial score (nSPS) is 23.0. The third-order valence-corrected chi connectivity index (χ3v) is 8.07. The number of aromatic nitrogens is 4. The third kappa shape index (κ3) is 4.54. The molecule has 0 unspecified atom stereocenters. The highest BCUT2D eigenvalue weighted by molar-refractivity contribution is 7.18. The molecule has 3 aromatic rings. The summed E-state index contributed by atoms with van der Waals surface area (Å²) < 4.78 is 8.29. The first-order valence-corrected chi connectivity index (χ1v) is 12.4. The van der Waals surface area contributed by atoms with Crippen LogP contribution in [0.2, 0.25) is 0 Å². The number of primary amides is 1. The number of ether oxygens (including phenoxy) is 1. The lowest BCUT2D eigenvalue weighted by Gasteiger charge is -2.32. The maximum Gasteiger partial charge on any atom is 0.233 e. The van der Waals surface area contributed by atoms with Crippen LogP contribution in [0.25, 0.3) is 10.2 Å². The quantitative estimate of drug-likeness (QED) is 0.571. The van der Waals surface area contributed by atoms with Crippen LogP contribution in [0.3, 0.4) is 0 Å². The molecule has 0 bridgehead atoms. The number of anilines is 2. The van der Waals surface area contributed by atoms with Gasteiger partial charge >= 0.3 is 0 Å². The molecule has 1 atom stereocenters. The maximum atomic E-state index is 11.9. The molecule has 0 aliphatic heterocycles. The molecule has 10 heteroatoms. The van der Waals surface area contributed by atoms with Crippen molar-refractivity contribution >= 4 is 39.2 Å². The highest BCUT2D eigenvalue weighted by Gasteiger charge is 2.31. The summed E-state index contributed by atoms with van der Waals surface area (Å²) in [5, 5.41) is 8.54. The number of carbonyl (C=O) groups is 1. The molecule has 3 heterocycles. The monoisotopic (exact) mass is 469 g/mol. The Balaban J connectivity index is 1.49. The van der Waals surface area contributed by atoms with Crippen LogP contribution in [0.15, 0.2) is 12.3 Å². The molecule has 0 spiro atoms. The molecule has 0 radical (unpaired) electrons. The summed E-state index contributed by atoms with van der Waals surface area (Å²) in [6, 6.07) is 2.48. The minimum absolute atomic E-state index is 0.119. The van der Waals surface area contributed by atoms with Crippen molar-refractivity contribution < 1.29 is 9.53 Å². The molecule has 1 amide bonds. The van der Waals surface area contributed by atoms with Crippen LogP contribution >= 0.6 is 11.3 Å². The number of amides is 1. The first-order chi connectivity index (χ1) is 15.9. The lowest BCUT2D eigenvalue weighted by molar-refractivity contribution is -0.122. The number of nitrogens with zero attached hydrogens (tertiary/aromatic N) is 5. The number of nitrogens with two attached hydrogens (primary N) is 1. The summed E-state index contributed by atoms with van der Waals surface area (Å²) in [5.41, 5.74) is 6.78. The zero-order valence-corrected chi connectivity index (χ0v) is 20.2. The lowest BCUT2D eigenvalue weighted by atomic mass is 9.87. The summed E-state index contributed by atoms with van der Waals surface area (Å²) in [4.78, 5) is 25.9. The van der Waals surface area contributed by atoms with Gasteiger partial charge in [-0.1, -0.05) is 0 Å². The summed E-state index contributed by atoms with van der Waals surface area (Å²) in [5.74, 6) is 1.38. The van der Waals surface area contributed by atoms with Crippen LogP contribution in [0.5, 0.6) is 5.88 Å². The van der Waals surface area contributed by atoms with Crippen molar-refractivity contribution in [3.05, 3.63) is 22.7 Å². The Bertz CT molecular complexity index is 1160. The molecule has 0 aromatic carbocycles. The van der Waals surface area contributed by atoms with E-state index in [1.165, 1.54) is 4.88 Å². The van der Waals surface area contributed by atoms with Gasteiger partial charge < -0.3 is 20.7 Å². The number of hydrogen-bond donors (Lipinski definition) is 2. The smallest absolute Gasteiger partial charge is 0.233 e. The number of hydrogen-bond acceptors (Lipinski definition) is 8. The standard InChI is InChI=1S/C23H31N7O2S/c1-29(2)14-5-7-15(8-6-14)32-21-19-16-12-13(20(24)31)4-9-17(16)33-22(19)27-23(26-21)25-18-10-11-30(3)28-18/h10-11,13-15H,4-9,12H2,1-3H3,(H2,24,31)(H,25,26,27,28)/t13-,14?,15?/m0/s1. The van der Waals surface area contributed by atoms with Crippen LogP contribution in [0.4, 0.5) is 11.8 Å². The summed E-state index contributed by atoms with van der Waals surface area (Å²) in [7, 11) is 6.15. The first-order valence-electron chi connectivity index (χ1n) is 11.6. The van der Waals surface area contributed by atoms with Gasteiger partial charge in [0.1, 0.15) is 10.9 Å². The van der Waals surface area contributed by atoms with Gasteiger partial charge in [0.2, 0.25) is 17.7 Å². The Morgan fingerprint density at radius 2 is 2.03 bits per heavy atom. The number of fused-ring (bicyclic) bond motifs is 3. The van der Waals surface area contributed by atoms with E-state index in [1.54, 1.807) is 16.0 Å². The fourth-order valence-corrected chi connectivity index (χ4v) is 6.17. The molecule has 2 aliphatic carbocycles. The maximum absolute atomic E-state index is 11.9. The van der Waals surface area contributed by atoms with Gasteiger partial charge in [-0.25, -0.2) is 4.98 Å². The highest BCUT2D eigenvalue weighted by atomic mass is 32.1. The van der Waals surface area contributed by atoms with E-state index in [9.17, 15) is 4.79 Å². The van der Waals surface area contributed by atoms with Crippen LogP contribution in [-0.2, 0) is 24.7 Å². The van der Waals surface area contributed by atoms with Gasteiger partial charge in [-0.3, -0.25) is 9.48 Å². The molecular weight excluding hydrogens is 438 g/mol. The second kappa shape index (κ2) is 8.90. The minimum atomic E-state index is -0.237. The zero-order valence-electron chi connectivity index (χ0n) is 19.4. The number of aryl methyl sites for hydroxylation is 2. The number of thiophene rings is 1. The Labute approximate surface area is 197 Å². The van der Waals surface area contributed by atoms with E-state index in [-0.39, 0.29) is 17.9 Å². The molecule has 33 heavy (non-hydrogen) atoms. The lowest BCUT2D eigenvalue weighted by Crippen LogP contribution is -2.35. The van der Waals surface area contributed by atoms with Gasteiger partial charge in [0.25, 0.3) is 0 Å². The van der Waals surface area contributed by atoms with E-state index in [0.717, 1.165) is 54.3 Å². The Morgan fingerprint density at radius 1 is 1.24 bits per heavy atom. The zero-order chi connectivity index (χ0) is 23.1. The highest BCUT2D eigenvalue weighted by Crippen LogP contribution is 2.42. The topological polar surface area (TPSA) is 111 Å². The van der Waals surface area contributed by atoms with E-state index < -0.39 is 0 Å². The third-order valence-electron chi connectivity index (χ3n) is 6.88. The van der Waals surface area contributed by atoms with Gasteiger partial charge in [-0.05, 0) is 64.6 Å². The van der Waals surface area contributed by atoms with Crippen molar-refractivity contribution in [2.45, 2.75) is 57.1 Å². The molecule has 5 rings (SSSR count). The second-order valence-electron chi connectivity index (χ2n) is 9.39. The molecule has 3 N–H and O–H groups in total. The Morgan fingerprint density at radius 3 is 2.70 bits per heavy atom. The van der Waals surface area contributed by atoms with Gasteiger partial charge in [-0.2, -0.15) is 10.1 Å². The van der Waals surface area contributed by atoms with E-state index in [1.807, 2.05) is 19.3 Å². The minimum Gasteiger partial charge on any atom is -0.474 e. The molecule has 2 aliphatic rings. The molecular formula is C23H31N7O2S. The number of rotatable bonds is 6. The average molecular weight is 470 g/mol.